The lowest BCUT2D eigenvalue weighted by Crippen LogP contribution is -2.13. The summed E-state index contributed by atoms with van der Waals surface area (Å²) in [6.07, 6.45) is 0. The van der Waals surface area contributed by atoms with Crippen molar-refractivity contribution >= 4 is 29.0 Å². The van der Waals surface area contributed by atoms with Crippen LogP contribution < -0.4 is 11.1 Å². The fourth-order valence-electron chi connectivity index (χ4n) is 1.46. The molecule has 92 valence electrons. The van der Waals surface area contributed by atoms with Crippen LogP contribution in [0.5, 0.6) is 0 Å². The van der Waals surface area contributed by atoms with Gasteiger partial charge in [0.1, 0.15) is 5.82 Å². The Balaban J connectivity index is 2.18. The van der Waals surface area contributed by atoms with Gasteiger partial charge < -0.3 is 11.1 Å². The molecule has 0 bridgehead atoms. The van der Waals surface area contributed by atoms with E-state index in [0.29, 0.717) is 27.8 Å². The van der Waals surface area contributed by atoms with Gasteiger partial charge >= 0.3 is 0 Å². The van der Waals surface area contributed by atoms with Crippen LogP contribution in [-0.2, 0) is 0 Å². The summed E-state index contributed by atoms with van der Waals surface area (Å²) in [5, 5.41) is 3.21. The summed E-state index contributed by atoms with van der Waals surface area (Å²) >= 11 is 5.83. The standard InChI is InChI=1S/C13H12ClN3O/c1-8-11(15)5-6-12(16-8)17-13(18)9-3-2-4-10(14)7-9/h2-7H,15H2,1H3,(H,16,17,18). The number of amides is 1. The number of nitrogens with one attached hydrogen (secondary N) is 1. The largest absolute Gasteiger partial charge is 0.397 e. The number of nitrogens with zero attached hydrogens (tertiary/aromatic N) is 1. The molecule has 18 heavy (non-hydrogen) atoms. The molecule has 2 rings (SSSR count). The Kier molecular flexibility index (Phi) is 3.48. The molecule has 0 spiro atoms. The minimum atomic E-state index is -0.255. The van der Waals surface area contributed by atoms with Gasteiger partial charge in [-0.1, -0.05) is 17.7 Å². The third kappa shape index (κ3) is 2.78. The zero-order valence-corrected chi connectivity index (χ0v) is 10.5. The first-order valence-electron chi connectivity index (χ1n) is 5.36. The molecule has 0 fully saturated rings. The molecule has 5 heteroatoms. The number of carbonyl (C=O) groups excluding carboxylic acids is 1. The molecule has 0 radical (unpaired) electrons. The summed E-state index contributed by atoms with van der Waals surface area (Å²) in [6.45, 7) is 1.78. The molecule has 1 aromatic heterocycles. The summed E-state index contributed by atoms with van der Waals surface area (Å²) in [5.74, 6) is 0.209. The average molecular weight is 262 g/mol. The van der Waals surface area contributed by atoms with Crippen molar-refractivity contribution in [2.24, 2.45) is 0 Å². The monoisotopic (exact) mass is 261 g/mol. The van der Waals surface area contributed by atoms with Gasteiger partial charge in [-0.25, -0.2) is 4.98 Å². The fourth-order valence-corrected chi connectivity index (χ4v) is 1.65. The number of nitrogens with two attached hydrogens (primary N) is 1. The van der Waals surface area contributed by atoms with Crippen LogP contribution in [0.15, 0.2) is 36.4 Å². The summed E-state index contributed by atoms with van der Waals surface area (Å²) in [4.78, 5) is 16.1. The van der Waals surface area contributed by atoms with Crippen LogP contribution in [0.4, 0.5) is 11.5 Å². The van der Waals surface area contributed by atoms with Crippen LogP contribution in [0.1, 0.15) is 16.1 Å². The molecule has 0 unspecified atom stereocenters. The number of aryl methyl sites for hydroxylation is 1. The smallest absolute Gasteiger partial charge is 0.256 e. The van der Waals surface area contributed by atoms with E-state index >= 15 is 0 Å². The molecule has 0 saturated carbocycles. The van der Waals surface area contributed by atoms with Crippen molar-refractivity contribution < 1.29 is 4.79 Å². The van der Waals surface area contributed by atoms with Crippen molar-refractivity contribution in [2.75, 3.05) is 11.1 Å². The molecule has 0 aliphatic rings. The summed E-state index contributed by atoms with van der Waals surface area (Å²) in [5.41, 5.74) is 7.42. The highest BCUT2D eigenvalue weighted by atomic mass is 35.5. The van der Waals surface area contributed by atoms with Gasteiger partial charge in [0.2, 0.25) is 0 Å². The molecule has 0 atom stereocenters. The van der Waals surface area contributed by atoms with Gasteiger partial charge in [-0.05, 0) is 37.3 Å². The average Bonchev–Trinajstić information content (AvgIpc) is 2.34. The highest BCUT2D eigenvalue weighted by molar-refractivity contribution is 6.31. The highest BCUT2D eigenvalue weighted by Gasteiger charge is 2.07. The van der Waals surface area contributed by atoms with Gasteiger partial charge in [-0.3, -0.25) is 4.79 Å². The van der Waals surface area contributed by atoms with Crippen LogP contribution in [0.25, 0.3) is 0 Å². The molecule has 4 nitrogen and oxygen atoms in total. The first-order valence-corrected chi connectivity index (χ1v) is 5.74. The van der Waals surface area contributed by atoms with Crippen molar-refractivity contribution in [3.63, 3.8) is 0 Å². The summed E-state index contributed by atoms with van der Waals surface area (Å²) in [7, 11) is 0. The van der Waals surface area contributed by atoms with Gasteiger partial charge in [0.05, 0.1) is 11.4 Å². The third-order valence-electron chi connectivity index (χ3n) is 2.46. The van der Waals surface area contributed by atoms with Gasteiger partial charge in [0, 0.05) is 10.6 Å². The lowest BCUT2D eigenvalue weighted by Gasteiger charge is -2.06. The van der Waals surface area contributed by atoms with E-state index in [2.05, 4.69) is 10.3 Å². The lowest BCUT2D eigenvalue weighted by atomic mass is 10.2. The SMILES string of the molecule is Cc1nc(NC(=O)c2cccc(Cl)c2)ccc1N. The van der Waals surface area contributed by atoms with E-state index in [4.69, 9.17) is 17.3 Å². The summed E-state index contributed by atoms with van der Waals surface area (Å²) in [6, 6.07) is 10.1. The zero-order valence-electron chi connectivity index (χ0n) is 9.77. The maximum absolute atomic E-state index is 11.9. The second kappa shape index (κ2) is 5.06. The van der Waals surface area contributed by atoms with E-state index in [1.165, 1.54) is 0 Å². The van der Waals surface area contributed by atoms with E-state index in [1.54, 1.807) is 43.3 Å². The van der Waals surface area contributed by atoms with E-state index < -0.39 is 0 Å². The van der Waals surface area contributed by atoms with E-state index in [0.717, 1.165) is 0 Å². The van der Waals surface area contributed by atoms with E-state index in [9.17, 15) is 4.79 Å². The molecule has 0 aliphatic carbocycles. The molecule has 1 aromatic carbocycles. The predicted octanol–water partition coefficient (Wildman–Crippen LogP) is 2.88. The molecule has 3 N–H and O–H groups in total. The normalized spacial score (nSPS) is 10.1. The maximum atomic E-state index is 11.9. The molecule has 0 saturated heterocycles. The first-order chi connectivity index (χ1) is 8.56. The van der Waals surface area contributed by atoms with Gasteiger partial charge in [-0.15, -0.1) is 0 Å². The Morgan fingerprint density at radius 1 is 1.33 bits per heavy atom. The number of anilines is 2. The number of benzene rings is 1. The second-order valence-corrected chi connectivity index (χ2v) is 4.27. The van der Waals surface area contributed by atoms with Crippen molar-refractivity contribution in [1.29, 1.82) is 0 Å². The Morgan fingerprint density at radius 2 is 2.11 bits per heavy atom. The molecule has 0 aliphatic heterocycles. The van der Waals surface area contributed by atoms with E-state index in [1.807, 2.05) is 0 Å². The number of nitrogen functional groups attached to an aromatic ring is 1. The minimum Gasteiger partial charge on any atom is -0.397 e. The van der Waals surface area contributed by atoms with Crippen LogP contribution in [0, 0.1) is 6.92 Å². The van der Waals surface area contributed by atoms with Crippen LogP contribution in [0.3, 0.4) is 0 Å². The third-order valence-corrected chi connectivity index (χ3v) is 2.69. The Morgan fingerprint density at radius 3 is 2.78 bits per heavy atom. The van der Waals surface area contributed by atoms with Crippen molar-refractivity contribution in [3.8, 4) is 0 Å². The Bertz CT molecular complexity index is 599. The van der Waals surface area contributed by atoms with Crippen LogP contribution in [0.2, 0.25) is 5.02 Å². The van der Waals surface area contributed by atoms with Gasteiger partial charge in [-0.2, -0.15) is 0 Å². The fraction of sp³-hybridized carbons (Fsp3) is 0.0769. The molecule has 2 aromatic rings. The number of aromatic nitrogens is 1. The molecular formula is C13H12ClN3O. The Labute approximate surface area is 110 Å². The van der Waals surface area contributed by atoms with E-state index in [-0.39, 0.29) is 5.91 Å². The zero-order chi connectivity index (χ0) is 13.1. The number of halogens is 1. The van der Waals surface area contributed by atoms with Gasteiger partial charge in [0.15, 0.2) is 0 Å². The number of pyridine rings is 1. The molecule has 1 heterocycles. The van der Waals surface area contributed by atoms with Crippen LogP contribution >= 0.6 is 11.6 Å². The van der Waals surface area contributed by atoms with Crippen molar-refractivity contribution in [2.45, 2.75) is 6.92 Å². The minimum absolute atomic E-state index is 0.255. The second-order valence-electron chi connectivity index (χ2n) is 3.84. The van der Waals surface area contributed by atoms with Crippen molar-refractivity contribution in [3.05, 3.63) is 52.7 Å². The highest BCUT2D eigenvalue weighted by Crippen LogP contribution is 2.15. The number of hydrogen-bond donors (Lipinski definition) is 2. The maximum Gasteiger partial charge on any atom is 0.256 e. The molecule has 1 amide bonds. The Hall–Kier alpha value is -2.07. The number of rotatable bonds is 2. The number of carbonyl (C=O) groups is 1. The summed E-state index contributed by atoms with van der Waals surface area (Å²) < 4.78 is 0. The van der Waals surface area contributed by atoms with Gasteiger partial charge in [0.25, 0.3) is 5.91 Å². The lowest BCUT2D eigenvalue weighted by molar-refractivity contribution is 0.102. The quantitative estimate of drug-likeness (QED) is 0.873. The van der Waals surface area contributed by atoms with Crippen LogP contribution in [-0.4, -0.2) is 10.9 Å². The predicted molar refractivity (Wildman–Crippen MR) is 72.8 cm³/mol. The number of hydrogen-bond acceptors (Lipinski definition) is 3. The first kappa shape index (κ1) is 12.4. The van der Waals surface area contributed by atoms with Crippen molar-refractivity contribution in [1.82, 2.24) is 4.98 Å². The molecular weight excluding hydrogens is 250 g/mol. The topological polar surface area (TPSA) is 68.0 Å².